The summed E-state index contributed by atoms with van der Waals surface area (Å²) in [5.41, 5.74) is -1.14. The standard InChI is InChI=1S/C32H32ClF4N3O5/c1-18-25(30(41)43-3)28(27-22(34)14-13-21(33)29(27)32(35,36)37)26(19(2)38-18)31(42)45-16-10-5-4-9-15-44-24-17-23(39-40-24)20-11-7-6-8-12-20/h6-8,11-14,17,28,38H,4-5,9-10,15-16H2,1-3H3,(H,39,40). The van der Waals surface area contributed by atoms with Crippen LogP contribution in [-0.4, -0.2) is 42.5 Å². The fourth-order valence-electron chi connectivity index (χ4n) is 5.19. The highest BCUT2D eigenvalue weighted by molar-refractivity contribution is 6.31. The number of benzene rings is 2. The molecule has 0 radical (unpaired) electrons. The Kier molecular flexibility index (Phi) is 10.9. The van der Waals surface area contributed by atoms with Crippen molar-refractivity contribution in [1.29, 1.82) is 0 Å². The molecule has 1 atom stereocenters. The maximum absolute atomic E-state index is 15.3. The van der Waals surface area contributed by atoms with Gasteiger partial charge in [0.05, 0.1) is 53.7 Å². The van der Waals surface area contributed by atoms with Crippen molar-refractivity contribution in [2.24, 2.45) is 0 Å². The lowest BCUT2D eigenvalue weighted by Crippen LogP contribution is -2.34. The molecule has 2 aromatic carbocycles. The highest BCUT2D eigenvalue weighted by atomic mass is 35.5. The van der Waals surface area contributed by atoms with Gasteiger partial charge in [-0.2, -0.15) is 13.2 Å². The average molecular weight is 650 g/mol. The van der Waals surface area contributed by atoms with Crippen molar-refractivity contribution in [1.82, 2.24) is 15.5 Å². The largest absolute Gasteiger partial charge is 0.477 e. The Morgan fingerprint density at radius 2 is 1.58 bits per heavy atom. The van der Waals surface area contributed by atoms with E-state index in [2.05, 4.69) is 15.5 Å². The number of allylic oxidation sites excluding steroid dienone is 2. The molecule has 0 spiro atoms. The van der Waals surface area contributed by atoms with E-state index in [1.165, 1.54) is 13.8 Å². The summed E-state index contributed by atoms with van der Waals surface area (Å²) >= 11 is 5.90. The number of H-pyrrole nitrogens is 1. The van der Waals surface area contributed by atoms with Gasteiger partial charge in [0.25, 0.3) is 0 Å². The fourth-order valence-corrected chi connectivity index (χ4v) is 5.46. The second-order valence-corrected chi connectivity index (χ2v) is 10.7. The molecular weight excluding hydrogens is 618 g/mol. The van der Waals surface area contributed by atoms with Crippen LogP contribution in [0.25, 0.3) is 11.3 Å². The van der Waals surface area contributed by atoms with E-state index in [9.17, 15) is 22.8 Å². The lowest BCUT2D eigenvalue weighted by molar-refractivity contribution is -0.141. The molecule has 4 rings (SSSR count). The number of alkyl halides is 3. The molecule has 45 heavy (non-hydrogen) atoms. The van der Waals surface area contributed by atoms with E-state index < -0.39 is 46.0 Å². The first-order valence-electron chi connectivity index (χ1n) is 14.2. The maximum atomic E-state index is 15.3. The zero-order valence-electron chi connectivity index (χ0n) is 24.8. The van der Waals surface area contributed by atoms with E-state index in [0.717, 1.165) is 36.9 Å². The Morgan fingerprint density at radius 3 is 2.22 bits per heavy atom. The van der Waals surface area contributed by atoms with Gasteiger partial charge < -0.3 is 19.5 Å². The third-order valence-corrected chi connectivity index (χ3v) is 7.58. The van der Waals surface area contributed by atoms with Crippen LogP contribution in [0.15, 0.2) is 71.1 Å². The zero-order chi connectivity index (χ0) is 32.7. The van der Waals surface area contributed by atoms with Crippen molar-refractivity contribution in [2.45, 2.75) is 51.6 Å². The Hall–Kier alpha value is -4.32. The van der Waals surface area contributed by atoms with Crippen molar-refractivity contribution < 1.29 is 41.4 Å². The molecule has 8 nitrogen and oxygen atoms in total. The molecule has 1 aliphatic heterocycles. The van der Waals surface area contributed by atoms with Crippen molar-refractivity contribution in [3.05, 3.63) is 93.0 Å². The smallest absolute Gasteiger partial charge is 0.418 e. The number of carbonyl (C=O) groups excluding carboxylic acids is 2. The van der Waals surface area contributed by atoms with Gasteiger partial charge in [0.1, 0.15) is 5.82 Å². The number of unbranched alkanes of at least 4 members (excludes halogenated alkanes) is 3. The van der Waals surface area contributed by atoms with E-state index in [4.69, 9.17) is 25.8 Å². The Morgan fingerprint density at radius 1 is 0.933 bits per heavy atom. The average Bonchev–Trinajstić information content (AvgIpc) is 3.47. The van der Waals surface area contributed by atoms with E-state index in [1.54, 1.807) is 0 Å². The summed E-state index contributed by atoms with van der Waals surface area (Å²) in [4.78, 5) is 26.1. The van der Waals surface area contributed by atoms with E-state index in [0.29, 0.717) is 31.7 Å². The van der Waals surface area contributed by atoms with Crippen LogP contribution < -0.4 is 10.1 Å². The molecule has 2 heterocycles. The summed E-state index contributed by atoms with van der Waals surface area (Å²) in [6.45, 7) is 3.22. The molecule has 1 aromatic heterocycles. The summed E-state index contributed by atoms with van der Waals surface area (Å²) in [6.07, 6.45) is -2.52. The van der Waals surface area contributed by atoms with Gasteiger partial charge in [-0.1, -0.05) is 41.9 Å². The topological polar surface area (TPSA) is 103 Å². The number of hydrogen-bond acceptors (Lipinski definition) is 7. The minimum Gasteiger partial charge on any atom is -0.477 e. The van der Waals surface area contributed by atoms with E-state index in [-0.39, 0.29) is 29.1 Å². The highest BCUT2D eigenvalue weighted by Gasteiger charge is 2.46. The minimum absolute atomic E-state index is 0.0522. The van der Waals surface area contributed by atoms with Crippen molar-refractivity contribution in [3.8, 4) is 17.1 Å². The molecule has 0 aliphatic carbocycles. The van der Waals surface area contributed by atoms with Crippen LogP contribution in [0.1, 0.15) is 56.6 Å². The molecule has 1 aliphatic rings. The van der Waals surface area contributed by atoms with Gasteiger partial charge in [0.15, 0.2) is 0 Å². The molecule has 0 fully saturated rings. The third kappa shape index (κ3) is 7.86. The molecule has 240 valence electrons. The lowest BCUT2D eigenvalue weighted by Gasteiger charge is -2.32. The lowest BCUT2D eigenvalue weighted by atomic mass is 9.78. The number of esters is 2. The zero-order valence-corrected chi connectivity index (χ0v) is 25.6. The summed E-state index contributed by atoms with van der Waals surface area (Å²) in [5, 5.41) is 9.12. The van der Waals surface area contributed by atoms with Crippen molar-refractivity contribution in [3.63, 3.8) is 0 Å². The number of rotatable bonds is 12. The first-order chi connectivity index (χ1) is 21.4. The van der Waals surface area contributed by atoms with Crippen LogP contribution in [-0.2, 0) is 25.2 Å². The van der Waals surface area contributed by atoms with Gasteiger partial charge in [-0.15, -0.1) is 5.10 Å². The molecular formula is C32H32ClF4N3O5. The quantitative estimate of drug-likeness (QED) is 0.119. The Balaban J connectivity index is 1.39. The molecule has 13 heteroatoms. The maximum Gasteiger partial charge on any atom is 0.418 e. The number of nitrogens with zero attached hydrogens (tertiary/aromatic N) is 1. The van der Waals surface area contributed by atoms with Crippen LogP contribution in [0, 0.1) is 5.82 Å². The normalized spacial score (nSPS) is 15.2. The van der Waals surface area contributed by atoms with E-state index >= 15 is 4.39 Å². The Bertz CT molecular complexity index is 1600. The van der Waals surface area contributed by atoms with Gasteiger partial charge in [-0.25, -0.2) is 14.0 Å². The number of methoxy groups -OCH3 is 1. The van der Waals surface area contributed by atoms with Crippen LogP contribution in [0.3, 0.4) is 0 Å². The third-order valence-electron chi connectivity index (χ3n) is 7.26. The summed E-state index contributed by atoms with van der Waals surface area (Å²) in [5.74, 6) is -4.64. The molecule has 0 amide bonds. The number of carbonyl (C=O) groups is 2. The second kappa shape index (κ2) is 14.6. The predicted octanol–water partition coefficient (Wildman–Crippen LogP) is 7.48. The second-order valence-electron chi connectivity index (χ2n) is 10.3. The summed E-state index contributed by atoms with van der Waals surface area (Å²) in [7, 11) is 1.03. The van der Waals surface area contributed by atoms with Gasteiger partial charge in [-0.3, -0.25) is 5.10 Å². The van der Waals surface area contributed by atoms with Crippen LogP contribution in [0.5, 0.6) is 5.88 Å². The molecule has 0 saturated heterocycles. The minimum atomic E-state index is -5.09. The Labute approximate surface area is 262 Å². The van der Waals surface area contributed by atoms with Crippen LogP contribution >= 0.6 is 11.6 Å². The van der Waals surface area contributed by atoms with E-state index in [1.807, 2.05) is 36.4 Å². The van der Waals surface area contributed by atoms with Crippen LogP contribution in [0.2, 0.25) is 5.02 Å². The monoisotopic (exact) mass is 649 g/mol. The van der Waals surface area contributed by atoms with Gasteiger partial charge in [0, 0.05) is 23.0 Å². The highest BCUT2D eigenvalue weighted by Crippen LogP contribution is 2.47. The predicted molar refractivity (Wildman–Crippen MR) is 159 cm³/mol. The van der Waals surface area contributed by atoms with Crippen molar-refractivity contribution >= 4 is 23.5 Å². The van der Waals surface area contributed by atoms with Crippen LogP contribution in [0.4, 0.5) is 17.6 Å². The molecule has 3 aromatic rings. The first-order valence-corrected chi connectivity index (χ1v) is 14.5. The van der Waals surface area contributed by atoms with Gasteiger partial charge in [-0.05, 0) is 57.2 Å². The number of aromatic nitrogens is 2. The first kappa shape index (κ1) is 33.6. The fraction of sp³-hybridized carbons (Fsp3) is 0.344. The number of nitrogens with one attached hydrogen (secondary N) is 2. The number of dihydropyridines is 1. The molecule has 2 N–H and O–H groups in total. The number of halogens is 5. The number of hydrogen-bond donors (Lipinski definition) is 2. The molecule has 0 saturated carbocycles. The number of aromatic amines is 1. The van der Waals surface area contributed by atoms with Crippen molar-refractivity contribution in [2.75, 3.05) is 20.3 Å². The number of ether oxygens (including phenoxy) is 3. The summed E-state index contributed by atoms with van der Waals surface area (Å²) < 4.78 is 73.7. The SMILES string of the molecule is COC(=O)C1=C(C)NC(C)=C(C(=O)OCCCCCCOc2cc(-c3ccccc3)[nH]n2)C1c1c(F)ccc(Cl)c1C(F)(F)F. The van der Waals surface area contributed by atoms with Gasteiger partial charge in [0.2, 0.25) is 5.88 Å². The van der Waals surface area contributed by atoms with Gasteiger partial charge >= 0.3 is 18.1 Å². The summed E-state index contributed by atoms with van der Waals surface area (Å²) in [6, 6.07) is 13.0. The molecule has 1 unspecified atom stereocenters. The molecule has 0 bridgehead atoms.